The third-order valence-electron chi connectivity index (χ3n) is 3.56. The number of rotatable bonds is 4. The Bertz CT molecular complexity index is 622. The molecule has 1 saturated heterocycles. The van der Waals surface area contributed by atoms with E-state index in [1.54, 1.807) is 6.07 Å². The first-order valence-corrected chi connectivity index (χ1v) is 6.81. The molecular formula is C14H17N3O4. The molecule has 0 saturated carbocycles. The molecule has 2 unspecified atom stereocenters. The van der Waals surface area contributed by atoms with E-state index >= 15 is 0 Å². The molecule has 1 fully saturated rings. The van der Waals surface area contributed by atoms with Crippen LogP contribution in [0.4, 0.5) is 0 Å². The van der Waals surface area contributed by atoms with Crippen molar-refractivity contribution in [2.45, 2.75) is 24.8 Å². The van der Waals surface area contributed by atoms with Crippen LogP contribution in [0.2, 0.25) is 0 Å². The SMILES string of the molecule is NC(Cc1ccc(O)c(O)c1)c1nc(C2CCOC2)no1. The summed E-state index contributed by atoms with van der Waals surface area (Å²) in [6.45, 7) is 1.33. The van der Waals surface area contributed by atoms with Crippen molar-refractivity contribution in [2.24, 2.45) is 5.73 Å². The largest absolute Gasteiger partial charge is 0.504 e. The van der Waals surface area contributed by atoms with E-state index in [1.807, 2.05) is 0 Å². The normalized spacial score (nSPS) is 19.8. The molecular weight excluding hydrogens is 274 g/mol. The maximum Gasteiger partial charge on any atom is 0.243 e. The molecule has 7 nitrogen and oxygen atoms in total. The Morgan fingerprint density at radius 2 is 2.19 bits per heavy atom. The lowest BCUT2D eigenvalue weighted by molar-refractivity contribution is 0.192. The van der Waals surface area contributed by atoms with Gasteiger partial charge in [-0.15, -0.1) is 0 Å². The Labute approximate surface area is 121 Å². The average molecular weight is 291 g/mol. The van der Waals surface area contributed by atoms with Gasteiger partial charge in [-0.05, 0) is 30.5 Å². The topological polar surface area (TPSA) is 115 Å². The standard InChI is InChI=1S/C14H17N3O4/c15-10(5-8-1-2-11(18)12(19)6-8)14-16-13(17-21-14)9-3-4-20-7-9/h1-2,6,9-10,18-19H,3-5,7,15H2. The van der Waals surface area contributed by atoms with Gasteiger partial charge in [-0.1, -0.05) is 11.2 Å². The van der Waals surface area contributed by atoms with Gasteiger partial charge in [-0.2, -0.15) is 4.98 Å². The quantitative estimate of drug-likeness (QED) is 0.725. The van der Waals surface area contributed by atoms with Gasteiger partial charge in [0.25, 0.3) is 0 Å². The summed E-state index contributed by atoms with van der Waals surface area (Å²) in [5.41, 5.74) is 6.83. The van der Waals surface area contributed by atoms with E-state index in [2.05, 4.69) is 10.1 Å². The lowest BCUT2D eigenvalue weighted by Gasteiger charge is -2.07. The molecule has 1 aliphatic heterocycles. The van der Waals surface area contributed by atoms with Crippen LogP contribution in [0.25, 0.3) is 0 Å². The van der Waals surface area contributed by atoms with Crippen LogP contribution in [0.5, 0.6) is 11.5 Å². The lowest BCUT2D eigenvalue weighted by Crippen LogP contribution is -2.14. The number of hydrogen-bond donors (Lipinski definition) is 3. The molecule has 0 radical (unpaired) electrons. The molecule has 1 aromatic carbocycles. The van der Waals surface area contributed by atoms with Crippen molar-refractivity contribution >= 4 is 0 Å². The number of nitrogens with two attached hydrogens (primary N) is 1. The number of phenols is 2. The van der Waals surface area contributed by atoms with Crippen molar-refractivity contribution in [3.63, 3.8) is 0 Å². The molecule has 21 heavy (non-hydrogen) atoms. The van der Waals surface area contributed by atoms with Crippen molar-refractivity contribution in [3.8, 4) is 11.5 Å². The maximum atomic E-state index is 9.48. The van der Waals surface area contributed by atoms with Crippen molar-refractivity contribution in [3.05, 3.63) is 35.5 Å². The van der Waals surface area contributed by atoms with Gasteiger partial charge in [0.1, 0.15) is 0 Å². The van der Waals surface area contributed by atoms with Gasteiger partial charge < -0.3 is 25.2 Å². The zero-order valence-corrected chi connectivity index (χ0v) is 11.4. The summed E-state index contributed by atoms with van der Waals surface area (Å²) in [6.07, 6.45) is 1.32. The highest BCUT2D eigenvalue weighted by Crippen LogP contribution is 2.27. The van der Waals surface area contributed by atoms with Crippen LogP contribution in [0.15, 0.2) is 22.7 Å². The van der Waals surface area contributed by atoms with Gasteiger partial charge in [0.15, 0.2) is 17.3 Å². The first kappa shape index (κ1) is 13.8. The van der Waals surface area contributed by atoms with E-state index in [4.69, 9.17) is 15.0 Å². The van der Waals surface area contributed by atoms with Crippen molar-refractivity contribution in [1.82, 2.24) is 10.1 Å². The van der Waals surface area contributed by atoms with Crippen LogP contribution in [0, 0.1) is 0 Å². The van der Waals surface area contributed by atoms with Gasteiger partial charge in [0, 0.05) is 12.5 Å². The lowest BCUT2D eigenvalue weighted by atomic mass is 10.1. The van der Waals surface area contributed by atoms with E-state index in [0.717, 1.165) is 12.0 Å². The highest BCUT2D eigenvalue weighted by Gasteiger charge is 2.24. The van der Waals surface area contributed by atoms with E-state index in [9.17, 15) is 10.2 Å². The summed E-state index contributed by atoms with van der Waals surface area (Å²) in [4.78, 5) is 4.33. The number of hydrogen-bond acceptors (Lipinski definition) is 7. The number of aromatic hydroxyl groups is 2. The fourth-order valence-corrected chi connectivity index (χ4v) is 2.34. The summed E-state index contributed by atoms with van der Waals surface area (Å²) in [5.74, 6) is 0.839. The number of nitrogens with zero attached hydrogens (tertiary/aromatic N) is 2. The van der Waals surface area contributed by atoms with Crippen LogP contribution in [-0.2, 0) is 11.2 Å². The van der Waals surface area contributed by atoms with E-state index in [1.165, 1.54) is 12.1 Å². The molecule has 1 aromatic heterocycles. The minimum Gasteiger partial charge on any atom is -0.504 e. The fourth-order valence-electron chi connectivity index (χ4n) is 2.34. The van der Waals surface area contributed by atoms with Crippen LogP contribution >= 0.6 is 0 Å². The second-order valence-electron chi connectivity index (χ2n) is 5.19. The van der Waals surface area contributed by atoms with E-state index in [0.29, 0.717) is 31.3 Å². The molecule has 0 amide bonds. The van der Waals surface area contributed by atoms with Crippen molar-refractivity contribution in [1.29, 1.82) is 0 Å². The highest BCUT2D eigenvalue weighted by molar-refractivity contribution is 5.40. The Balaban J connectivity index is 1.69. The van der Waals surface area contributed by atoms with E-state index in [-0.39, 0.29) is 17.4 Å². The van der Waals surface area contributed by atoms with Gasteiger partial charge in [-0.3, -0.25) is 0 Å². The van der Waals surface area contributed by atoms with E-state index < -0.39 is 6.04 Å². The monoisotopic (exact) mass is 291 g/mol. The van der Waals surface area contributed by atoms with Gasteiger partial charge in [0.2, 0.25) is 5.89 Å². The third kappa shape index (κ3) is 2.98. The number of ether oxygens (including phenoxy) is 1. The highest BCUT2D eigenvalue weighted by atomic mass is 16.5. The second-order valence-corrected chi connectivity index (χ2v) is 5.19. The molecule has 1 aliphatic rings. The molecule has 3 rings (SSSR count). The predicted octanol–water partition coefficient (Wildman–Crippen LogP) is 1.23. The number of aromatic nitrogens is 2. The molecule has 0 aliphatic carbocycles. The van der Waals surface area contributed by atoms with Gasteiger partial charge in [0.05, 0.1) is 12.6 Å². The Morgan fingerprint density at radius 1 is 1.33 bits per heavy atom. The summed E-state index contributed by atoms with van der Waals surface area (Å²) in [7, 11) is 0. The minimum absolute atomic E-state index is 0.159. The van der Waals surface area contributed by atoms with Crippen LogP contribution in [-0.4, -0.2) is 33.6 Å². The predicted molar refractivity (Wildman–Crippen MR) is 72.9 cm³/mol. The molecule has 112 valence electrons. The summed E-state index contributed by atoms with van der Waals surface area (Å²) in [6, 6.07) is 4.12. The Morgan fingerprint density at radius 3 is 2.90 bits per heavy atom. The smallest absolute Gasteiger partial charge is 0.243 e. The molecule has 0 spiro atoms. The average Bonchev–Trinajstić information content (AvgIpc) is 3.12. The molecule has 2 heterocycles. The van der Waals surface area contributed by atoms with Crippen LogP contribution in [0.3, 0.4) is 0 Å². The fraction of sp³-hybridized carbons (Fsp3) is 0.429. The first-order chi connectivity index (χ1) is 10.1. The molecule has 0 bridgehead atoms. The Kier molecular flexibility index (Phi) is 3.76. The summed E-state index contributed by atoms with van der Waals surface area (Å²) in [5, 5.41) is 22.7. The second kappa shape index (κ2) is 5.71. The van der Waals surface area contributed by atoms with Gasteiger partial charge in [-0.25, -0.2) is 0 Å². The molecule has 2 atom stereocenters. The minimum atomic E-state index is -0.461. The molecule has 4 N–H and O–H groups in total. The third-order valence-corrected chi connectivity index (χ3v) is 3.56. The molecule has 7 heteroatoms. The summed E-state index contributed by atoms with van der Waals surface area (Å²) >= 11 is 0. The Hall–Kier alpha value is -2.12. The number of phenolic OH excluding ortho intramolecular Hbond substituents is 2. The first-order valence-electron chi connectivity index (χ1n) is 6.81. The van der Waals surface area contributed by atoms with Crippen molar-refractivity contribution in [2.75, 3.05) is 13.2 Å². The van der Waals surface area contributed by atoms with Crippen LogP contribution < -0.4 is 5.73 Å². The maximum absolute atomic E-state index is 9.48. The van der Waals surface area contributed by atoms with Gasteiger partial charge >= 0.3 is 0 Å². The molecule has 2 aromatic rings. The zero-order chi connectivity index (χ0) is 14.8. The zero-order valence-electron chi connectivity index (χ0n) is 11.4. The van der Waals surface area contributed by atoms with Crippen molar-refractivity contribution < 1.29 is 19.5 Å². The van der Waals surface area contributed by atoms with Crippen LogP contribution in [0.1, 0.15) is 35.7 Å². The number of benzene rings is 1. The summed E-state index contributed by atoms with van der Waals surface area (Å²) < 4.78 is 10.5.